The fraction of sp³-hybridized carbons (Fsp3) is 0.438. The molecule has 1 heterocycles. The molecule has 5 N–H and O–H groups in total. The predicted octanol–water partition coefficient (Wildman–Crippen LogP) is 0.856. The minimum atomic E-state index is -0.696. The van der Waals surface area contributed by atoms with E-state index < -0.39 is 6.10 Å². The molecule has 22 heavy (non-hydrogen) atoms. The third kappa shape index (κ3) is 4.07. The Kier molecular flexibility index (Phi) is 5.94. The standard InChI is InChI=1S/C16H23N3O3/c1-17-8-2-3-9-18-10-14(21)11-4-6-13(20)16-12(11)5-7-15(22)19-16/h4-7,14,17-18,20-21H,2-3,8-10H2,1H3,(H,19,22)/t14-/m0/s1. The van der Waals surface area contributed by atoms with Crippen LogP contribution in [0.4, 0.5) is 0 Å². The number of phenols is 1. The van der Waals surface area contributed by atoms with Gasteiger partial charge in [-0.25, -0.2) is 0 Å². The molecule has 0 radical (unpaired) electrons. The molecule has 0 amide bonds. The second kappa shape index (κ2) is 7.93. The summed E-state index contributed by atoms with van der Waals surface area (Å²) in [5, 5.41) is 27.1. The van der Waals surface area contributed by atoms with Gasteiger partial charge in [-0.1, -0.05) is 6.07 Å². The van der Waals surface area contributed by atoms with E-state index in [1.165, 1.54) is 12.1 Å². The molecule has 1 aromatic heterocycles. The number of unbranched alkanes of at least 4 members (excludes halogenated alkanes) is 1. The zero-order chi connectivity index (χ0) is 15.9. The number of aromatic nitrogens is 1. The van der Waals surface area contributed by atoms with E-state index in [4.69, 9.17) is 0 Å². The number of nitrogens with one attached hydrogen (secondary N) is 3. The third-order valence-electron chi connectivity index (χ3n) is 3.63. The topological polar surface area (TPSA) is 97.4 Å². The van der Waals surface area contributed by atoms with Crippen molar-refractivity contribution in [3.63, 3.8) is 0 Å². The van der Waals surface area contributed by atoms with E-state index in [2.05, 4.69) is 15.6 Å². The van der Waals surface area contributed by atoms with Crippen molar-refractivity contribution in [1.29, 1.82) is 0 Å². The highest BCUT2D eigenvalue weighted by molar-refractivity contribution is 5.87. The number of aliphatic hydroxyl groups excluding tert-OH is 1. The monoisotopic (exact) mass is 305 g/mol. The number of aliphatic hydroxyl groups is 1. The molecular weight excluding hydrogens is 282 g/mol. The van der Waals surface area contributed by atoms with Gasteiger partial charge in [0.15, 0.2) is 0 Å². The number of phenolic OH excluding ortho intramolecular Hbond substituents is 1. The van der Waals surface area contributed by atoms with Crippen LogP contribution in [-0.2, 0) is 0 Å². The fourth-order valence-corrected chi connectivity index (χ4v) is 2.45. The number of rotatable bonds is 8. The number of fused-ring (bicyclic) bond motifs is 1. The highest BCUT2D eigenvalue weighted by Gasteiger charge is 2.13. The minimum absolute atomic E-state index is 0.00340. The summed E-state index contributed by atoms with van der Waals surface area (Å²) in [6.45, 7) is 2.25. The van der Waals surface area contributed by atoms with E-state index in [0.717, 1.165) is 25.9 Å². The molecule has 0 saturated heterocycles. The van der Waals surface area contributed by atoms with Crippen molar-refractivity contribution >= 4 is 10.9 Å². The predicted molar refractivity (Wildman–Crippen MR) is 87.2 cm³/mol. The Morgan fingerprint density at radius 2 is 1.95 bits per heavy atom. The Bertz CT molecular complexity index is 669. The maximum Gasteiger partial charge on any atom is 0.248 e. The number of hydrogen-bond donors (Lipinski definition) is 5. The molecule has 120 valence electrons. The zero-order valence-corrected chi connectivity index (χ0v) is 12.7. The molecule has 0 spiro atoms. The molecular formula is C16H23N3O3. The van der Waals surface area contributed by atoms with E-state index >= 15 is 0 Å². The Hall–Kier alpha value is -1.89. The molecule has 2 rings (SSSR count). The van der Waals surface area contributed by atoms with Crippen LogP contribution >= 0.6 is 0 Å². The van der Waals surface area contributed by atoms with Crippen LogP contribution in [0.3, 0.4) is 0 Å². The Balaban J connectivity index is 2.04. The van der Waals surface area contributed by atoms with Crippen molar-refractivity contribution < 1.29 is 10.2 Å². The van der Waals surface area contributed by atoms with Crippen LogP contribution in [0.25, 0.3) is 10.9 Å². The number of aromatic hydroxyl groups is 1. The number of aromatic amines is 1. The van der Waals surface area contributed by atoms with Crippen molar-refractivity contribution in [3.05, 3.63) is 40.2 Å². The first-order chi connectivity index (χ1) is 10.6. The quantitative estimate of drug-likeness (QED) is 0.466. The van der Waals surface area contributed by atoms with Crippen LogP contribution < -0.4 is 16.2 Å². The van der Waals surface area contributed by atoms with Gasteiger partial charge in [-0.15, -0.1) is 0 Å². The third-order valence-corrected chi connectivity index (χ3v) is 3.63. The van der Waals surface area contributed by atoms with E-state index in [9.17, 15) is 15.0 Å². The van der Waals surface area contributed by atoms with Crippen LogP contribution in [0.15, 0.2) is 29.1 Å². The summed E-state index contributed by atoms with van der Waals surface area (Å²) in [6.07, 6.45) is 1.43. The fourth-order valence-electron chi connectivity index (χ4n) is 2.45. The van der Waals surface area contributed by atoms with E-state index in [1.54, 1.807) is 12.1 Å². The average molecular weight is 305 g/mol. The van der Waals surface area contributed by atoms with Crippen molar-refractivity contribution in [3.8, 4) is 5.75 Å². The summed E-state index contributed by atoms with van der Waals surface area (Å²) in [4.78, 5) is 14.0. The highest BCUT2D eigenvalue weighted by Crippen LogP contribution is 2.28. The molecule has 0 aliphatic heterocycles. The molecule has 0 fully saturated rings. The molecule has 0 saturated carbocycles. The summed E-state index contributed by atoms with van der Waals surface area (Å²) >= 11 is 0. The van der Waals surface area contributed by atoms with Crippen molar-refractivity contribution in [2.75, 3.05) is 26.7 Å². The lowest BCUT2D eigenvalue weighted by Gasteiger charge is -2.15. The lowest BCUT2D eigenvalue weighted by molar-refractivity contribution is 0.176. The van der Waals surface area contributed by atoms with Gasteiger partial charge in [-0.3, -0.25) is 4.79 Å². The van der Waals surface area contributed by atoms with Crippen LogP contribution in [0, 0.1) is 0 Å². The number of hydrogen-bond acceptors (Lipinski definition) is 5. The van der Waals surface area contributed by atoms with Gasteiger partial charge >= 0.3 is 0 Å². The Labute approximate surface area is 129 Å². The van der Waals surface area contributed by atoms with Crippen LogP contribution in [0.2, 0.25) is 0 Å². The van der Waals surface area contributed by atoms with Crippen molar-refractivity contribution in [2.45, 2.75) is 18.9 Å². The second-order valence-corrected chi connectivity index (χ2v) is 5.32. The van der Waals surface area contributed by atoms with Crippen LogP contribution in [-0.4, -0.2) is 41.9 Å². The van der Waals surface area contributed by atoms with Gasteiger partial charge in [0.2, 0.25) is 5.56 Å². The van der Waals surface area contributed by atoms with Gasteiger partial charge in [0.05, 0.1) is 11.6 Å². The molecule has 1 atom stereocenters. The summed E-state index contributed by atoms with van der Waals surface area (Å²) in [7, 11) is 1.93. The van der Waals surface area contributed by atoms with Crippen molar-refractivity contribution in [1.82, 2.24) is 15.6 Å². The Morgan fingerprint density at radius 3 is 2.73 bits per heavy atom. The summed E-state index contributed by atoms with van der Waals surface area (Å²) in [5.41, 5.74) is 0.766. The van der Waals surface area contributed by atoms with E-state index in [-0.39, 0.29) is 11.3 Å². The largest absolute Gasteiger partial charge is 0.506 e. The first-order valence-electron chi connectivity index (χ1n) is 7.51. The SMILES string of the molecule is CNCCCCNC[C@H](O)c1ccc(O)c2[nH]c(=O)ccc12. The van der Waals surface area contributed by atoms with Gasteiger partial charge < -0.3 is 25.8 Å². The van der Waals surface area contributed by atoms with E-state index in [0.29, 0.717) is 23.0 Å². The lowest BCUT2D eigenvalue weighted by Crippen LogP contribution is -2.23. The van der Waals surface area contributed by atoms with Crippen molar-refractivity contribution in [2.24, 2.45) is 0 Å². The van der Waals surface area contributed by atoms with Gasteiger partial charge in [0.25, 0.3) is 0 Å². The van der Waals surface area contributed by atoms with Gasteiger partial charge in [0.1, 0.15) is 5.75 Å². The maximum atomic E-state index is 11.4. The number of H-pyrrole nitrogens is 1. The molecule has 0 aliphatic rings. The lowest BCUT2D eigenvalue weighted by atomic mass is 10.0. The molecule has 0 aliphatic carbocycles. The highest BCUT2D eigenvalue weighted by atomic mass is 16.3. The molecule has 6 nitrogen and oxygen atoms in total. The normalized spacial score (nSPS) is 12.6. The molecule has 6 heteroatoms. The first kappa shape index (κ1) is 16.5. The van der Waals surface area contributed by atoms with Gasteiger partial charge in [0, 0.05) is 18.0 Å². The average Bonchev–Trinajstić information content (AvgIpc) is 2.51. The van der Waals surface area contributed by atoms with E-state index in [1.807, 2.05) is 7.05 Å². The molecule has 0 unspecified atom stereocenters. The second-order valence-electron chi connectivity index (χ2n) is 5.32. The number of benzene rings is 1. The Morgan fingerprint density at radius 1 is 1.18 bits per heavy atom. The first-order valence-corrected chi connectivity index (χ1v) is 7.51. The van der Waals surface area contributed by atoms with Gasteiger partial charge in [-0.05, 0) is 50.7 Å². The van der Waals surface area contributed by atoms with Crippen LogP contribution in [0.5, 0.6) is 5.75 Å². The molecule has 2 aromatic rings. The number of pyridine rings is 1. The van der Waals surface area contributed by atoms with Crippen LogP contribution in [0.1, 0.15) is 24.5 Å². The zero-order valence-electron chi connectivity index (χ0n) is 12.7. The summed E-state index contributed by atoms with van der Waals surface area (Å²) < 4.78 is 0. The minimum Gasteiger partial charge on any atom is -0.506 e. The summed E-state index contributed by atoms with van der Waals surface area (Å²) in [6, 6.07) is 6.19. The molecule has 1 aromatic carbocycles. The van der Waals surface area contributed by atoms with Gasteiger partial charge in [-0.2, -0.15) is 0 Å². The smallest absolute Gasteiger partial charge is 0.248 e. The molecule has 0 bridgehead atoms. The summed E-state index contributed by atoms with van der Waals surface area (Å²) in [5.74, 6) is 0.00340. The maximum absolute atomic E-state index is 11.4.